The fourth-order valence-electron chi connectivity index (χ4n) is 0.955. The maximum Gasteiger partial charge on any atom is 0.269 e. The molecule has 1 aromatic carbocycles. The summed E-state index contributed by atoms with van der Waals surface area (Å²) in [5.74, 6) is 2.40. The average molecular weight is 243 g/mol. The van der Waals surface area contributed by atoms with Gasteiger partial charge in [0.25, 0.3) is 5.69 Å². The highest BCUT2D eigenvalue weighted by molar-refractivity contribution is 7.99. The van der Waals surface area contributed by atoms with Crippen molar-refractivity contribution in [3.05, 3.63) is 34.4 Å². The van der Waals surface area contributed by atoms with Crippen LogP contribution in [0.15, 0.2) is 29.2 Å². The fraction of sp³-hybridized carbons (Fsp3) is 0.400. The predicted octanol–water partition coefficient (Wildman–Crippen LogP) is 3.25. The predicted molar refractivity (Wildman–Crippen MR) is 66.8 cm³/mol. The molecule has 1 unspecified atom stereocenters. The number of hydrogen-bond donors (Lipinski definition) is 1. The van der Waals surface area contributed by atoms with Crippen molar-refractivity contribution >= 4 is 30.1 Å². The Morgan fingerprint density at radius 2 is 2.07 bits per heavy atom. The maximum atomic E-state index is 10.4. The highest BCUT2D eigenvalue weighted by Gasteiger charge is 2.05. The molecule has 0 radical (unpaired) electrons. The van der Waals surface area contributed by atoms with E-state index in [9.17, 15) is 10.1 Å². The smallest absolute Gasteiger partial charge is 0.258 e. The van der Waals surface area contributed by atoms with Crippen molar-refractivity contribution in [3.8, 4) is 0 Å². The molecule has 0 bridgehead atoms. The minimum atomic E-state index is -0.384. The third-order valence-corrected chi connectivity index (χ3v) is 3.86. The molecule has 0 heterocycles. The first-order chi connectivity index (χ1) is 7.13. The Labute approximate surface area is 98.8 Å². The molecule has 0 amide bonds. The molecule has 0 aliphatic rings. The van der Waals surface area contributed by atoms with E-state index in [0.29, 0.717) is 5.92 Å². The van der Waals surface area contributed by atoms with Crippen LogP contribution in [0.5, 0.6) is 0 Å². The molecule has 1 aromatic rings. The number of nitro benzene ring substituents is 1. The van der Waals surface area contributed by atoms with Crippen molar-refractivity contribution in [1.82, 2.24) is 0 Å². The third-order valence-electron chi connectivity index (χ3n) is 1.89. The van der Waals surface area contributed by atoms with Crippen molar-refractivity contribution < 1.29 is 4.92 Å². The number of nitro groups is 1. The van der Waals surface area contributed by atoms with Gasteiger partial charge in [-0.2, -0.15) is 12.6 Å². The van der Waals surface area contributed by atoms with E-state index in [1.807, 2.05) is 0 Å². The molecule has 5 heteroatoms. The highest BCUT2D eigenvalue weighted by Crippen LogP contribution is 2.23. The van der Waals surface area contributed by atoms with Gasteiger partial charge >= 0.3 is 0 Å². The van der Waals surface area contributed by atoms with Crippen LogP contribution < -0.4 is 0 Å². The standard InChI is InChI=1S/C10H13NO2S2/c1-8(6-14)7-15-10-4-2-9(3-5-10)11(12)13/h2-5,8,14H,6-7H2,1H3. The van der Waals surface area contributed by atoms with E-state index in [4.69, 9.17) is 0 Å². The molecule has 3 nitrogen and oxygen atoms in total. The van der Waals surface area contributed by atoms with Crippen LogP contribution in [-0.2, 0) is 0 Å². The van der Waals surface area contributed by atoms with Crippen LogP contribution in [0.4, 0.5) is 5.69 Å². The van der Waals surface area contributed by atoms with Gasteiger partial charge in [-0.1, -0.05) is 6.92 Å². The van der Waals surface area contributed by atoms with E-state index in [-0.39, 0.29) is 10.6 Å². The summed E-state index contributed by atoms with van der Waals surface area (Å²) in [7, 11) is 0. The van der Waals surface area contributed by atoms with Gasteiger partial charge in [0.1, 0.15) is 0 Å². The van der Waals surface area contributed by atoms with E-state index < -0.39 is 0 Å². The lowest BCUT2D eigenvalue weighted by Crippen LogP contribution is -1.98. The summed E-state index contributed by atoms with van der Waals surface area (Å²) in [6.07, 6.45) is 0. The van der Waals surface area contributed by atoms with E-state index in [0.717, 1.165) is 16.4 Å². The highest BCUT2D eigenvalue weighted by atomic mass is 32.2. The minimum absolute atomic E-state index is 0.140. The van der Waals surface area contributed by atoms with Gasteiger partial charge in [-0.05, 0) is 23.8 Å². The largest absolute Gasteiger partial charge is 0.269 e. The summed E-state index contributed by atoms with van der Waals surface area (Å²) in [6.45, 7) is 2.13. The van der Waals surface area contributed by atoms with E-state index in [1.165, 1.54) is 12.1 Å². The summed E-state index contributed by atoms with van der Waals surface area (Å²) in [6, 6.07) is 6.64. The van der Waals surface area contributed by atoms with Gasteiger partial charge in [0, 0.05) is 22.8 Å². The van der Waals surface area contributed by atoms with Crippen LogP contribution in [0.2, 0.25) is 0 Å². The number of benzene rings is 1. The second-order valence-electron chi connectivity index (χ2n) is 3.35. The summed E-state index contributed by atoms with van der Waals surface area (Å²) >= 11 is 5.90. The zero-order chi connectivity index (χ0) is 11.3. The lowest BCUT2D eigenvalue weighted by Gasteiger charge is -2.06. The third kappa shape index (κ3) is 4.13. The summed E-state index contributed by atoms with van der Waals surface area (Å²) in [5.41, 5.74) is 0.140. The SMILES string of the molecule is CC(CS)CSc1ccc([N+](=O)[O-])cc1. The fourth-order valence-corrected chi connectivity index (χ4v) is 2.18. The number of rotatable bonds is 5. The Bertz CT molecular complexity index is 327. The zero-order valence-electron chi connectivity index (χ0n) is 8.42. The van der Waals surface area contributed by atoms with Gasteiger partial charge in [0.2, 0.25) is 0 Å². The first-order valence-corrected chi connectivity index (χ1v) is 6.23. The van der Waals surface area contributed by atoms with Gasteiger partial charge in [-0.3, -0.25) is 10.1 Å². The number of non-ortho nitro benzene ring substituents is 1. The molecular formula is C10H13NO2S2. The van der Waals surface area contributed by atoms with Crippen LogP contribution in [0.3, 0.4) is 0 Å². The van der Waals surface area contributed by atoms with Crippen molar-refractivity contribution in [2.45, 2.75) is 11.8 Å². The lowest BCUT2D eigenvalue weighted by molar-refractivity contribution is -0.384. The first-order valence-electron chi connectivity index (χ1n) is 4.61. The quantitative estimate of drug-likeness (QED) is 0.373. The topological polar surface area (TPSA) is 43.1 Å². The second-order valence-corrected chi connectivity index (χ2v) is 4.81. The zero-order valence-corrected chi connectivity index (χ0v) is 10.1. The number of thioether (sulfide) groups is 1. The normalized spacial score (nSPS) is 12.4. The molecule has 82 valence electrons. The van der Waals surface area contributed by atoms with Crippen LogP contribution in [-0.4, -0.2) is 16.4 Å². The van der Waals surface area contributed by atoms with Crippen LogP contribution in [0, 0.1) is 16.0 Å². The van der Waals surface area contributed by atoms with Gasteiger partial charge in [-0.25, -0.2) is 0 Å². The molecule has 0 fully saturated rings. The Morgan fingerprint density at radius 3 is 2.53 bits per heavy atom. The number of nitrogens with zero attached hydrogens (tertiary/aromatic N) is 1. The van der Waals surface area contributed by atoms with Crippen molar-refractivity contribution in [1.29, 1.82) is 0 Å². The van der Waals surface area contributed by atoms with Crippen molar-refractivity contribution in [3.63, 3.8) is 0 Å². The maximum absolute atomic E-state index is 10.4. The molecule has 15 heavy (non-hydrogen) atoms. The Hall–Kier alpha value is -0.680. The van der Waals surface area contributed by atoms with E-state index in [2.05, 4.69) is 19.6 Å². The van der Waals surface area contributed by atoms with Crippen LogP contribution in [0.25, 0.3) is 0 Å². The Morgan fingerprint density at radius 1 is 1.47 bits per heavy atom. The summed E-state index contributed by atoms with van der Waals surface area (Å²) < 4.78 is 0. The molecular weight excluding hydrogens is 230 g/mol. The molecule has 0 saturated heterocycles. The summed E-state index contributed by atoms with van der Waals surface area (Å²) in [4.78, 5) is 11.1. The van der Waals surface area contributed by atoms with Crippen molar-refractivity contribution in [2.24, 2.45) is 5.92 Å². The molecule has 0 aliphatic carbocycles. The van der Waals surface area contributed by atoms with Crippen molar-refractivity contribution in [2.75, 3.05) is 11.5 Å². The lowest BCUT2D eigenvalue weighted by atomic mass is 10.3. The second kappa shape index (κ2) is 6.02. The van der Waals surface area contributed by atoms with Crippen LogP contribution in [0.1, 0.15) is 6.92 Å². The van der Waals surface area contributed by atoms with E-state index in [1.54, 1.807) is 23.9 Å². The number of hydrogen-bond acceptors (Lipinski definition) is 4. The molecule has 0 saturated carbocycles. The Balaban J connectivity index is 2.53. The monoisotopic (exact) mass is 243 g/mol. The van der Waals surface area contributed by atoms with Crippen LogP contribution >= 0.6 is 24.4 Å². The summed E-state index contributed by atoms with van der Waals surface area (Å²) in [5, 5.41) is 10.4. The van der Waals surface area contributed by atoms with Gasteiger partial charge in [0.15, 0.2) is 0 Å². The Kier molecular flexibility index (Phi) is 4.98. The molecule has 0 aliphatic heterocycles. The van der Waals surface area contributed by atoms with Gasteiger partial charge < -0.3 is 0 Å². The minimum Gasteiger partial charge on any atom is -0.258 e. The molecule has 0 aromatic heterocycles. The van der Waals surface area contributed by atoms with E-state index >= 15 is 0 Å². The molecule has 0 spiro atoms. The molecule has 0 N–H and O–H groups in total. The first kappa shape index (κ1) is 12.4. The average Bonchev–Trinajstić information content (AvgIpc) is 2.26. The number of thiol groups is 1. The molecule has 1 rings (SSSR count). The van der Waals surface area contributed by atoms with Gasteiger partial charge in [-0.15, -0.1) is 11.8 Å². The molecule has 1 atom stereocenters. The van der Waals surface area contributed by atoms with Gasteiger partial charge in [0.05, 0.1) is 4.92 Å².